The Morgan fingerprint density at radius 1 is 1.21 bits per heavy atom. The Morgan fingerprint density at radius 2 is 1.93 bits per heavy atom. The van der Waals surface area contributed by atoms with Gasteiger partial charge < -0.3 is 10.0 Å². The van der Waals surface area contributed by atoms with Crippen molar-refractivity contribution in [1.82, 2.24) is 10.2 Å². The molecule has 2 N–H and O–H groups in total. The van der Waals surface area contributed by atoms with Crippen molar-refractivity contribution >= 4 is 11.7 Å². The highest BCUT2D eigenvalue weighted by Gasteiger charge is 2.36. The van der Waals surface area contributed by atoms with Gasteiger partial charge in [0.15, 0.2) is 0 Å². The number of anilines is 1. The Kier molecular flexibility index (Phi) is 5.71. The van der Waals surface area contributed by atoms with E-state index in [1.54, 1.807) is 11.0 Å². The van der Waals surface area contributed by atoms with Gasteiger partial charge in [0.05, 0.1) is 11.3 Å². The zero-order chi connectivity index (χ0) is 20.3. The minimum atomic E-state index is -4.53. The summed E-state index contributed by atoms with van der Waals surface area (Å²) >= 11 is 0. The van der Waals surface area contributed by atoms with Crippen LogP contribution in [-0.2, 0) is 11.0 Å². The number of piperidine rings is 1. The molecule has 0 spiro atoms. The molecule has 6 nitrogen and oxygen atoms in total. The summed E-state index contributed by atoms with van der Waals surface area (Å²) in [6, 6.07) is 6.63. The summed E-state index contributed by atoms with van der Waals surface area (Å²) in [7, 11) is 0. The predicted octanol–water partition coefficient (Wildman–Crippen LogP) is 3.54. The molecule has 1 aliphatic heterocycles. The summed E-state index contributed by atoms with van der Waals surface area (Å²) in [4.78, 5) is 23.5. The summed E-state index contributed by atoms with van der Waals surface area (Å²) in [5, 5.41) is 14.8. The van der Waals surface area contributed by atoms with Gasteiger partial charge in [-0.05, 0) is 43.4 Å². The number of rotatable bonds is 5. The summed E-state index contributed by atoms with van der Waals surface area (Å²) in [5.74, 6) is -0.639. The standard InChI is InChI=1S/C19H20F3N3O3/c20-19(21,22)14-11-13(15-3-5-17(26)24-23-15)2-4-16(14)25-9-7-12(8-10-25)1-6-18(27)28/h2-5,11-12H,1,6-10H2,(H,24,26)(H,27,28). The van der Waals surface area contributed by atoms with Gasteiger partial charge in [-0.2, -0.15) is 18.3 Å². The van der Waals surface area contributed by atoms with E-state index >= 15 is 0 Å². The van der Waals surface area contributed by atoms with Crippen molar-refractivity contribution in [3.63, 3.8) is 0 Å². The van der Waals surface area contributed by atoms with Crippen molar-refractivity contribution in [3.05, 3.63) is 46.2 Å². The minimum Gasteiger partial charge on any atom is -0.481 e. The number of alkyl halides is 3. The number of hydrogen-bond donors (Lipinski definition) is 2. The molecule has 2 aromatic rings. The third-order valence-electron chi connectivity index (χ3n) is 5.00. The first-order chi connectivity index (χ1) is 13.2. The van der Waals surface area contributed by atoms with E-state index in [1.165, 1.54) is 18.2 Å². The summed E-state index contributed by atoms with van der Waals surface area (Å²) in [5.41, 5.74) is -0.547. The number of carboxylic acid groups (broad SMARTS) is 1. The molecule has 1 fully saturated rings. The van der Waals surface area contributed by atoms with Crippen LogP contribution < -0.4 is 10.5 Å². The predicted molar refractivity (Wildman–Crippen MR) is 97.1 cm³/mol. The zero-order valence-corrected chi connectivity index (χ0v) is 15.0. The third kappa shape index (κ3) is 4.71. The van der Waals surface area contributed by atoms with Gasteiger partial charge in [0.25, 0.3) is 5.56 Å². The highest BCUT2D eigenvalue weighted by atomic mass is 19.4. The molecule has 1 aliphatic rings. The Bertz CT molecular complexity index is 883. The van der Waals surface area contributed by atoms with E-state index in [1.807, 2.05) is 0 Å². The molecule has 0 radical (unpaired) electrons. The first-order valence-electron chi connectivity index (χ1n) is 8.98. The molecule has 0 unspecified atom stereocenters. The molecule has 0 amide bonds. The number of aliphatic carboxylic acids is 1. The molecule has 0 aliphatic carbocycles. The van der Waals surface area contributed by atoms with Crippen LogP contribution in [0.5, 0.6) is 0 Å². The van der Waals surface area contributed by atoms with E-state index < -0.39 is 23.3 Å². The van der Waals surface area contributed by atoms with Crippen molar-refractivity contribution in [2.24, 2.45) is 5.92 Å². The van der Waals surface area contributed by atoms with Crippen LogP contribution in [0, 0.1) is 5.92 Å². The van der Waals surface area contributed by atoms with Crippen LogP contribution in [0.3, 0.4) is 0 Å². The maximum Gasteiger partial charge on any atom is 0.418 e. The molecule has 9 heteroatoms. The number of H-pyrrole nitrogens is 1. The highest BCUT2D eigenvalue weighted by Crippen LogP contribution is 2.40. The molecule has 1 aromatic heterocycles. The molecule has 3 rings (SSSR count). The fourth-order valence-electron chi connectivity index (χ4n) is 3.49. The maximum absolute atomic E-state index is 13.7. The number of hydrogen-bond acceptors (Lipinski definition) is 4. The molecular formula is C19H20F3N3O3. The van der Waals surface area contributed by atoms with Crippen molar-refractivity contribution in [1.29, 1.82) is 0 Å². The van der Waals surface area contributed by atoms with Gasteiger partial charge in [0.2, 0.25) is 0 Å². The molecule has 1 saturated heterocycles. The first kappa shape index (κ1) is 19.9. The molecule has 2 heterocycles. The fourth-order valence-corrected chi connectivity index (χ4v) is 3.49. The number of aromatic nitrogens is 2. The lowest BCUT2D eigenvalue weighted by molar-refractivity contribution is -0.138. The second-order valence-electron chi connectivity index (χ2n) is 6.90. The monoisotopic (exact) mass is 395 g/mol. The van der Waals surface area contributed by atoms with Crippen molar-refractivity contribution in [2.45, 2.75) is 31.9 Å². The van der Waals surface area contributed by atoms with Crippen LogP contribution in [0.2, 0.25) is 0 Å². The number of nitrogens with one attached hydrogen (secondary N) is 1. The lowest BCUT2D eigenvalue weighted by atomic mass is 9.91. The number of halogens is 3. The molecule has 28 heavy (non-hydrogen) atoms. The van der Waals surface area contributed by atoms with Gasteiger partial charge >= 0.3 is 12.1 Å². The largest absolute Gasteiger partial charge is 0.481 e. The van der Waals surface area contributed by atoms with Crippen LogP contribution >= 0.6 is 0 Å². The van der Waals surface area contributed by atoms with Crippen molar-refractivity contribution in [3.8, 4) is 11.3 Å². The zero-order valence-electron chi connectivity index (χ0n) is 15.0. The van der Waals surface area contributed by atoms with E-state index in [9.17, 15) is 22.8 Å². The van der Waals surface area contributed by atoms with E-state index in [4.69, 9.17) is 5.11 Å². The average Bonchev–Trinajstić information content (AvgIpc) is 2.66. The Hall–Kier alpha value is -2.84. The van der Waals surface area contributed by atoms with Crippen LogP contribution in [-0.4, -0.2) is 34.4 Å². The van der Waals surface area contributed by atoms with Gasteiger partial charge in [-0.3, -0.25) is 9.59 Å². The van der Waals surface area contributed by atoms with E-state index in [-0.39, 0.29) is 29.3 Å². The second kappa shape index (κ2) is 8.04. The number of carboxylic acids is 1. The highest BCUT2D eigenvalue weighted by molar-refractivity contribution is 5.67. The fraction of sp³-hybridized carbons (Fsp3) is 0.421. The van der Waals surface area contributed by atoms with Gasteiger partial charge in [-0.25, -0.2) is 5.10 Å². The van der Waals surface area contributed by atoms with Gasteiger partial charge in [-0.15, -0.1) is 0 Å². The normalized spacial score (nSPS) is 15.6. The Labute approximate surface area is 159 Å². The maximum atomic E-state index is 13.7. The molecule has 0 bridgehead atoms. The molecule has 0 atom stereocenters. The van der Waals surface area contributed by atoms with Gasteiger partial charge in [0.1, 0.15) is 0 Å². The number of nitrogens with zero attached hydrogens (tertiary/aromatic N) is 2. The third-order valence-corrected chi connectivity index (χ3v) is 5.00. The minimum absolute atomic E-state index is 0.0827. The van der Waals surface area contributed by atoms with Crippen LogP contribution in [0.15, 0.2) is 35.1 Å². The molecule has 0 saturated carbocycles. The molecule has 1 aromatic carbocycles. The van der Waals surface area contributed by atoms with E-state index in [0.717, 1.165) is 6.07 Å². The van der Waals surface area contributed by atoms with Crippen molar-refractivity contribution < 1.29 is 23.1 Å². The Morgan fingerprint density at radius 3 is 2.50 bits per heavy atom. The number of aromatic amines is 1. The van der Waals surface area contributed by atoms with Crippen molar-refractivity contribution in [2.75, 3.05) is 18.0 Å². The lowest BCUT2D eigenvalue weighted by Crippen LogP contribution is -2.35. The van der Waals surface area contributed by atoms with E-state index in [0.29, 0.717) is 32.4 Å². The summed E-state index contributed by atoms with van der Waals surface area (Å²) < 4.78 is 41.0. The number of benzene rings is 1. The number of carbonyl (C=O) groups is 1. The van der Waals surface area contributed by atoms with Crippen LogP contribution in [0.1, 0.15) is 31.2 Å². The SMILES string of the molecule is O=C(O)CCC1CCN(c2ccc(-c3ccc(=O)[nH]n3)cc2C(F)(F)F)CC1. The van der Waals surface area contributed by atoms with Gasteiger partial charge in [-0.1, -0.05) is 6.07 Å². The Balaban J connectivity index is 1.82. The first-order valence-corrected chi connectivity index (χ1v) is 8.98. The smallest absolute Gasteiger partial charge is 0.418 e. The van der Waals surface area contributed by atoms with E-state index in [2.05, 4.69) is 10.2 Å². The summed E-state index contributed by atoms with van der Waals surface area (Å²) in [6.45, 7) is 0.896. The second-order valence-corrected chi connectivity index (χ2v) is 6.90. The van der Waals surface area contributed by atoms with Crippen LogP contribution in [0.4, 0.5) is 18.9 Å². The lowest BCUT2D eigenvalue weighted by Gasteiger charge is -2.35. The van der Waals surface area contributed by atoms with Gasteiger partial charge in [0, 0.05) is 36.8 Å². The molecular weight excluding hydrogens is 375 g/mol. The van der Waals surface area contributed by atoms with Crippen LogP contribution in [0.25, 0.3) is 11.3 Å². The topological polar surface area (TPSA) is 86.3 Å². The quantitative estimate of drug-likeness (QED) is 0.809. The molecule has 150 valence electrons. The average molecular weight is 395 g/mol. The summed E-state index contributed by atoms with van der Waals surface area (Å²) in [6.07, 6.45) is -2.58.